The van der Waals surface area contributed by atoms with Crippen LogP contribution in [0.5, 0.6) is 0 Å². The number of carbonyl (C=O) groups excluding carboxylic acids is 2. The van der Waals surface area contributed by atoms with E-state index in [0.717, 1.165) is 11.1 Å². The van der Waals surface area contributed by atoms with E-state index >= 15 is 0 Å². The molecule has 2 aromatic carbocycles. The van der Waals surface area contributed by atoms with Gasteiger partial charge in [-0.2, -0.15) is 0 Å². The number of non-ortho nitro benzene ring substituents is 1. The number of halogens is 2. The molecule has 1 amide bonds. The number of Topliss-reactive ketones (excluding diaryl/α,β-unsaturated/α-hetero) is 1. The Hall–Kier alpha value is -2.70. The van der Waals surface area contributed by atoms with Crippen LogP contribution in [0.15, 0.2) is 53.7 Å². The molecule has 1 heterocycles. The van der Waals surface area contributed by atoms with Crippen LogP contribution in [-0.2, 0) is 9.59 Å². The predicted octanol–water partition coefficient (Wildman–Crippen LogP) is 4.91. The number of ketones is 1. The summed E-state index contributed by atoms with van der Waals surface area (Å²) in [5.41, 5.74) is 2.80. The van der Waals surface area contributed by atoms with Crippen molar-refractivity contribution in [2.75, 3.05) is 0 Å². The lowest BCUT2D eigenvalue weighted by molar-refractivity contribution is -0.384. The van der Waals surface area contributed by atoms with Gasteiger partial charge in [0.2, 0.25) is 5.91 Å². The van der Waals surface area contributed by atoms with Crippen molar-refractivity contribution in [3.63, 3.8) is 0 Å². The third kappa shape index (κ3) is 3.78. The van der Waals surface area contributed by atoms with E-state index in [1.807, 2.05) is 6.07 Å². The van der Waals surface area contributed by atoms with Gasteiger partial charge in [0.15, 0.2) is 5.78 Å². The van der Waals surface area contributed by atoms with Gasteiger partial charge >= 0.3 is 0 Å². The largest absolute Gasteiger partial charge is 0.329 e. The maximum atomic E-state index is 13.1. The summed E-state index contributed by atoms with van der Waals surface area (Å²) < 4.78 is 0. The third-order valence-electron chi connectivity index (χ3n) is 5.46. The summed E-state index contributed by atoms with van der Waals surface area (Å²) >= 11 is 12.1. The molecule has 2 unspecified atom stereocenters. The standard InChI is InChI=1S/C21H16Cl2N2O4/c22-16-6-3-12(7-17(16)23)13-8-18-21(19(26)9-13)15(10-20(27)24-18)11-1-4-14(5-2-11)25(28)29/h1-7,13,15H,8-10H2,(H,24,27). The fourth-order valence-electron chi connectivity index (χ4n) is 4.08. The first-order valence-corrected chi connectivity index (χ1v) is 9.84. The van der Waals surface area contributed by atoms with Gasteiger partial charge in [0, 0.05) is 42.2 Å². The Morgan fingerprint density at radius 2 is 1.62 bits per heavy atom. The normalized spacial score (nSPS) is 21.6. The van der Waals surface area contributed by atoms with Gasteiger partial charge in [0.25, 0.3) is 5.69 Å². The quantitative estimate of drug-likeness (QED) is 0.553. The average Bonchev–Trinajstić information content (AvgIpc) is 2.69. The highest BCUT2D eigenvalue weighted by atomic mass is 35.5. The smallest absolute Gasteiger partial charge is 0.269 e. The van der Waals surface area contributed by atoms with Crippen LogP contribution in [0, 0.1) is 10.1 Å². The molecule has 0 radical (unpaired) electrons. The molecule has 2 atom stereocenters. The van der Waals surface area contributed by atoms with Gasteiger partial charge in [-0.05, 0) is 35.6 Å². The Morgan fingerprint density at radius 3 is 2.28 bits per heavy atom. The van der Waals surface area contributed by atoms with Crippen molar-refractivity contribution < 1.29 is 14.5 Å². The van der Waals surface area contributed by atoms with E-state index in [9.17, 15) is 19.7 Å². The maximum Gasteiger partial charge on any atom is 0.269 e. The number of amides is 1. The van der Waals surface area contributed by atoms with Gasteiger partial charge in [-0.15, -0.1) is 0 Å². The molecule has 8 heteroatoms. The van der Waals surface area contributed by atoms with Crippen LogP contribution in [0.25, 0.3) is 0 Å². The van der Waals surface area contributed by atoms with Crippen LogP contribution in [0.3, 0.4) is 0 Å². The molecule has 4 rings (SSSR count). The van der Waals surface area contributed by atoms with Crippen LogP contribution in [-0.4, -0.2) is 16.6 Å². The molecule has 2 aromatic rings. The summed E-state index contributed by atoms with van der Waals surface area (Å²) in [6.45, 7) is 0. The first-order chi connectivity index (χ1) is 13.8. The van der Waals surface area contributed by atoms with Gasteiger partial charge in [0.1, 0.15) is 0 Å². The fraction of sp³-hybridized carbons (Fsp3) is 0.238. The van der Waals surface area contributed by atoms with Gasteiger partial charge < -0.3 is 5.32 Å². The maximum absolute atomic E-state index is 13.1. The van der Waals surface area contributed by atoms with Gasteiger partial charge in [-0.25, -0.2) is 0 Å². The van der Waals surface area contributed by atoms with Crippen molar-refractivity contribution in [2.45, 2.75) is 31.1 Å². The number of nitro benzene ring substituents is 1. The Bertz CT molecular complexity index is 1060. The van der Waals surface area contributed by atoms with E-state index in [1.165, 1.54) is 12.1 Å². The predicted molar refractivity (Wildman–Crippen MR) is 109 cm³/mol. The Labute approximate surface area is 176 Å². The van der Waals surface area contributed by atoms with Crippen molar-refractivity contribution >= 4 is 40.6 Å². The highest BCUT2D eigenvalue weighted by Gasteiger charge is 2.38. The van der Waals surface area contributed by atoms with Crippen molar-refractivity contribution in [3.05, 3.63) is 85.0 Å². The second kappa shape index (κ2) is 7.61. The zero-order valence-electron chi connectivity index (χ0n) is 15.2. The van der Waals surface area contributed by atoms with Crippen LogP contribution in [0.4, 0.5) is 5.69 Å². The number of nitro groups is 1. The molecular formula is C21H16Cl2N2O4. The summed E-state index contributed by atoms with van der Waals surface area (Å²) in [4.78, 5) is 35.8. The average molecular weight is 431 g/mol. The van der Waals surface area contributed by atoms with E-state index in [1.54, 1.807) is 24.3 Å². The van der Waals surface area contributed by atoms with Crippen molar-refractivity contribution in [3.8, 4) is 0 Å². The molecule has 1 aliphatic carbocycles. The number of benzene rings is 2. The highest BCUT2D eigenvalue weighted by molar-refractivity contribution is 6.42. The monoisotopic (exact) mass is 430 g/mol. The number of rotatable bonds is 3. The molecule has 2 aliphatic rings. The number of hydrogen-bond acceptors (Lipinski definition) is 4. The number of nitrogens with one attached hydrogen (secondary N) is 1. The molecule has 0 fully saturated rings. The van der Waals surface area contributed by atoms with E-state index in [4.69, 9.17) is 23.2 Å². The number of nitrogens with zero attached hydrogens (tertiary/aromatic N) is 1. The minimum absolute atomic E-state index is 0.0298. The Kier molecular flexibility index (Phi) is 5.15. The van der Waals surface area contributed by atoms with Gasteiger partial charge in [-0.1, -0.05) is 41.4 Å². The first kappa shape index (κ1) is 19.6. The molecule has 0 bridgehead atoms. The van der Waals surface area contributed by atoms with Crippen LogP contribution in [0.1, 0.15) is 42.2 Å². The number of allylic oxidation sites excluding steroid dienone is 2. The molecule has 0 aromatic heterocycles. The Morgan fingerprint density at radius 1 is 0.931 bits per heavy atom. The molecule has 0 spiro atoms. The molecule has 1 N–H and O–H groups in total. The molecule has 1 aliphatic heterocycles. The number of carbonyl (C=O) groups is 2. The second-order valence-electron chi connectivity index (χ2n) is 7.25. The SMILES string of the molecule is O=C1CC(c2ccc([N+](=O)[O-])cc2)C2=C(CC(c3ccc(Cl)c(Cl)c3)CC2=O)N1. The van der Waals surface area contributed by atoms with Gasteiger partial charge in [0.05, 0.1) is 15.0 Å². The minimum Gasteiger partial charge on any atom is -0.329 e. The van der Waals surface area contributed by atoms with Crippen molar-refractivity contribution in [1.82, 2.24) is 5.32 Å². The van der Waals surface area contributed by atoms with Crippen LogP contribution < -0.4 is 5.32 Å². The highest BCUT2D eigenvalue weighted by Crippen LogP contribution is 2.43. The summed E-state index contributed by atoms with van der Waals surface area (Å²) in [5, 5.41) is 14.6. The zero-order valence-corrected chi connectivity index (χ0v) is 16.7. The van der Waals surface area contributed by atoms with Gasteiger partial charge in [-0.3, -0.25) is 19.7 Å². The topological polar surface area (TPSA) is 89.3 Å². The second-order valence-corrected chi connectivity index (χ2v) is 8.06. The van der Waals surface area contributed by atoms with E-state index < -0.39 is 10.8 Å². The molecule has 6 nitrogen and oxygen atoms in total. The minimum atomic E-state index is -0.477. The summed E-state index contributed by atoms with van der Waals surface area (Å²) in [6, 6.07) is 11.3. The Balaban J connectivity index is 1.68. The lowest BCUT2D eigenvalue weighted by Gasteiger charge is -2.34. The van der Waals surface area contributed by atoms with Crippen molar-refractivity contribution in [2.24, 2.45) is 0 Å². The summed E-state index contributed by atoms with van der Waals surface area (Å²) in [5.74, 6) is -0.714. The molecule has 29 heavy (non-hydrogen) atoms. The van der Waals surface area contributed by atoms with Crippen LogP contribution in [0.2, 0.25) is 10.0 Å². The third-order valence-corrected chi connectivity index (χ3v) is 6.20. The van der Waals surface area contributed by atoms with E-state index in [2.05, 4.69) is 5.32 Å². The number of hydrogen-bond donors (Lipinski definition) is 1. The summed E-state index contributed by atoms with van der Waals surface area (Å²) in [7, 11) is 0. The zero-order chi connectivity index (χ0) is 20.7. The van der Waals surface area contributed by atoms with Crippen LogP contribution >= 0.6 is 23.2 Å². The molecule has 148 valence electrons. The molecule has 0 saturated carbocycles. The van der Waals surface area contributed by atoms with E-state index in [0.29, 0.717) is 34.2 Å². The first-order valence-electron chi connectivity index (χ1n) is 9.09. The molecular weight excluding hydrogens is 415 g/mol. The summed E-state index contributed by atoms with van der Waals surface area (Å²) in [6.07, 6.45) is 0.949. The lowest BCUT2D eigenvalue weighted by atomic mass is 9.73. The molecule has 0 saturated heterocycles. The fourth-order valence-corrected chi connectivity index (χ4v) is 4.38. The van der Waals surface area contributed by atoms with Crippen molar-refractivity contribution in [1.29, 1.82) is 0 Å². The lowest BCUT2D eigenvalue weighted by Crippen LogP contribution is -2.38. The van der Waals surface area contributed by atoms with E-state index in [-0.39, 0.29) is 29.7 Å².